The highest BCUT2D eigenvalue weighted by Gasteiger charge is 2.26. The largest absolute Gasteiger partial charge is 0.356 e. The van der Waals surface area contributed by atoms with Crippen LogP contribution < -0.4 is 5.32 Å². The van der Waals surface area contributed by atoms with Crippen LogP contribution in [0.2, 0.25) is 0 Å². The van der Waals surface area contributed by atoms with Crippen LogP contribution in [0.5, 0.6) is 0 Å². The fourth-order valence-corrected chi connectivity index (χ4v) is 1.95. The second-order valence-electron chi connectivity index (χ2n) is 4.15. The van der Waals surface area contributed by atoms with E-state index in [1.165, 1.54) is 25.7 Å². The maximum atomic E-state index is 11.3. The Bertz CT molecular complexity index is 175. The lowest BCUT2D eigenvalue weighted by Gasteiger charge is -2.21. The van der Waals surface area contributed by atoms with Gasteiger partial charge in [-0.25, -0.2) is 0 Å². The molecule has 1 atom stereocenters. The van der Waals surface area contributed by atoms with E-state index in [0.717, 1.165) is 25.3 Å². The molecule has 2 heteroatoms. The molecule has 0 spiro atoms. The maximum absolute atomic E-state index is 11.3. The topological polar surface area (TPSA) is 29.1 Å². The van der Waals surface area contributed by atoms with Gasteiger partial charge in [-0.3, -0.25) is 4.79 Å². The summed E-state index contributed by atoms with van der Waals surface area (Å²) in [7, 11) is 0. The summed E-state index contributed by atoms with van der Waals surface area (Å²) in [5, 5.41) is 2.94. The molecule has 68 valence electrons. The minimum absolute atomic E-state index is 0.307. The Labute approximate surface area is 73.7 Å². The molecule has 0 bridgehead atoms. The second kappa shape index (κ2) is 3.46. The van der Waals surface area contributed by atoms with Crippen molar-refractivity contribution in [3.63, 3.8) is 0 Å². The summed E-state index contributed by atoms with van der Waals surface area (Å²) in [5.41, 5.74) is 0. The predicted octanol–water partition coefficient (Wildman–Crippen LogP) is 1.70. The zero-order valence-corrected chi connectivity index (χ0v) is 7.51. The SMILES string of the molecule is O=C1NCCCC1CCC1CC1. The van der Waals surface area contributed by atoms with E-state index in [4.69, 9.17) is 0 Å². The molecule has 0 radical (unpaired) electrons. The van der Waals surface area contributed by atoms with Crippen LogP contribution in [0, 0.1) is 11.8 Å². The molecule has 0 aromatic rings. The van der Waals surface area contributed by atoms with Gasteiger partial charge in [0, 0.05) is 12.5 Å². The van der Waals surface area contributed by atoms with Crippen molar-refractivity contribution in [2.45, 2.75) is 38.5 Å². The number of rotatable bonds is 3. The van der Waals surface area contributed by atoms with Gasteiger partial charge in [-0.15, -0.1) is 0 Å². The van der Waals surface area contributed by atoms with E-state index in [1.54, 1.807) is 0 Å². The van der Waals surface area contributed by atoms with Crippen LogP contribution >= 0.6 is 0 Å². The molecule has 1 saturated heterocycles. The van der Waals surface area contributed by atoms with Crippen LogP contribution in [0.3, 0.4) is 0 Å². The molecule has 1 heterocycles. The minimum Gasteiger partial charge on any atom is -0.356 e. The Balaban J connectivity index is 1.72. The third-order valence-electron chi connectivity index (χ3n) is 3.02. The Kier molecular flexibility index (Phi) is 2.33. The number of hydrogen-bond donors (Lipinski definition) is 1. The van der Waals surface area contributed by atoms with E-state index in [2.05, 4.69) is 5.32 Å². The van der Waals surface area contributed by atoms with Crippen molar-refractivity contribution in [3.8, 4) is 0 Å². The van der Waals surface area contributed by atoms with Crippen LogP contribution in [0.25, 0.3) is 0 Å². The smallest absolute Gasteiger partial charge is 0.223 e. The van der Waals surface area contributed by atoms with Gasteiger partial charge in [0.15, 0.2) is 0 Å². The van der Waals surface area contributed by atoms with Gasteiger partial charge in [0.25, 0.3) is 0 Å². The number of carbonyl (C=O) groups excluding carboxylic acids is 1. The van der Waals surface area contributed by atoms with Crippen molar-refractivity contribution in [1.29, 1.82) is 0 Å². The summed E-state index contributed by atoms with van der Waals surface area (Å²) < 4.78 is 0. The maximum Gasteiger partial charge on any atom is 0.223 e. The Morgan fingerprint density at radius 1 is 1.25 bits per heavy atom. The summed E-state index contributed by atoms with van der Waals surface area (Å²) in [4.78, 5) is 11.3. The molecular formula is C10H17NO. The summed E-state index contributed by atoms with van der Waals surface area (Å²) in [6.07, 6.45) is 7.55. The monoisotopic (exact) mass is 167 g/mol. The molecular weight excluding hydrogens is 150 g/mol. The lowest BCUT2D eigenvalue weighted by atomic mass is 9.93. The average Bonchev–Trinajstić information content (AvgIpc) is 2.86. The Morgan fingerprint density at radius 3 is 2.75 bits per heavy atom. The van der Waals surface area contributed by atoms with Crippen molar-refractivity contribution in [2.75, 3.05) is 6.54 Å². The molecule has 1 N–H and O–H groups in total. The van der Waals surface area contributed by atoms with Gasteiger partial charge in [0.05, 0.1) is 0 Å². The van der Waals surface area contributed by atoms with Gasteiger partial charge in [0.1, 0.15) is 0 Å². The molecule has 1 aliphatic heterocycles. The molecule has 0 aromatic heterocycles. The molecule has 2 rings (SSSR count). The van der Waals surface area contributed by atoms with Crippen LogP contribution in [0.15, 0.2) is 0 Å². The number of nitrogens with one attached hydrogen (secondary N) is 1. The fourth-order valence-electron chi connectivity index (χ4n) is 1.95. The predicted molar refractivity (Wildman–Crippen MR) is 47.7 cm³/mol. The van der Waals surface area contributed by atoms with E-state index >= 15 is 0 Å². The highest BCUT2D eigenvalue weighted by molar-refractivity contribution is 5.79. The van der Waals surface area contributed by atoms with Gasteiger partial charge < -0.3 is 5.32 Å². The number of piperidine rings is 1. The van der Waals surface area contributed by atoms with Gasteiger partial charge in [0.2, 0.25) is 5.91 Å². The van der Waals surface area contributed by atoms with E-state index in [-0.39, 0.29) is 0 Å². The fraction of sp³-hybridized carbons (Fsp3) is 0.900. The Hall–Kier alpha value is -0.530. The lowest BCUT2D eigenvalue weighted by molar-refractivity contribution is -0.126. The molecule has 1 amide bonds. The summed E-state index contributed by atoms with van der Waals surface area (Å²) >= 11 is 0. The van der Waals surface area contributed by atoms with Crippen molar-refractivity contribution in [2.24, 2.45) is 11.8 Å². The second-order valence-corrected chi connectivity index (χ2v) is 4.15. The first-order valence-corrected chi connectivity index (χ1v) is 5.14. The first-order valence-electron chi connectivity index (χ1n) is 5.14. The number of hydrogen-bond acceptors (Lipinski definition) is 1. The van der Waals surface area contributed by atoms with Gasteiger partial charge in [-0.1, -0.05) is 12.8 Å². The van der Waals surface area contributed by atoms with E-state index < -0.39 is 0 Å². The van der Waals surface area contributed by atoms with E-state index in [0.29, 0.717) is 11.8 Å². The molecule has 1 aliphatic carbocycles. The molecule has 2 nitrogen and oxygen atoms in total. The summed E-state index contributed by atoms with van der Waals surface area (Å²) in [6.45, 7) is 0.902. The lowest BCUT2D eigenvalue weighted by Crippen LogP contribution is -2.36. The normalized spacial score (nSPS) is 30.0. The first-order chi connectivity index (χ1) is 5.86. The standard InChI is InChI=1S/C10H17NO/c12-10-9(2-1-7-11-10)6-5-8-3-4-8/h8-9H,1-7H2,(H,11,12). The molecule has 2 aliphatic rings. The number of amides is 1. The summed E-state index contributed by atoms with van der Waals surface area (Å²) in [5.74, 6) is 1.63. The van der Waals surface area contributed by atoms with Crippen LogP contribution in [0.4, 0.5) is 0 Å². The van der Waals surface area contributed by atoms with Crippen molar-refractivity contribution >= 4 is 5.91 Å². The van der Waals surface area contributed by atoms with Crippen LogP contribution in [-0.2, 0) is 4.79 Å². The quantitative estimate of drug-likeness (QED) is 0.681. The van der Waals surface area contributed by atoms with Gasteiger partial charge in [-0.05, 0) is 31.6 Å². The Morgan fingerprint density at radius 2 is 2.08 bits per heavy atom. The highest BCUT2D eigenvalue weighted by Crippen LogP contribution is 2.35. The zero-order valence-electron chi connectivity index (χ0n) is 7.51. The highest BCUT2D eigenvalue weighted by atomic mass is 16.1. The molecule has 2 fully saturated rings. The van der Waals surface area contributed by atoms with Gasteiger partial charge in [-0.2, -0.15) is 0 Å². The number of carbonyl (C=O) groups is 1. The summed E-state index contributed by atoms with van der Waals surface area (Å²) in [6, 6.07) is 0. The van der Waals surface area contributed by atoms with E-state index in [1.807, 2.05) is 0 Å². The first kappa shape index (κ1) is 8.09. The molecule has 1 unspecified atom stereocenters. The van der Waals surface area contributed by atoms with Crippen molar-refractivity contribution in [3.05, 3.63) is 0 Å². The molecule has 0 aromatic carbocycles. The van der Waals surface area contributed by atoms with Crippen molar-refractivity contribution < 1.29 is 4.79 Å². The third-order valence-corrected chi connectivity index (χ3v) is 3.02. The van der Waals surface area contributed by atoms with Gasteiger partial charge >= 0.3 is 0 Å². The molecule has 1 saturated carbocycles. The van der Waals surface area contributed by atoms with Crippen LogP contribution in [0.1, 0.15) is 38.5 Å². The van der Waals surface area contributed by atoms with Crippen molar-refractivity contribution in [1.82, 2.24) is 5.32 Å². The molecule has 12 heavy (non-hydrogen) atoms. The van der Waals surface area contributed by atoms with Crippen LogP contribution in [-0.4, -0.2) is 12.5 Å². The van der Waals surface area contributed by atoms with E-state index in [9.17, 15) is 4.79 Å². The minimum atomic E-state index is 0.307. The zero-order chi connectivity index (χ0) is 8.39. The third kappa shape index (κ3) is 1.99. The average molecular weight is 167 g/mol.